The number of benzene rings is 1. The van der Waals surface area contributed by atoms with Gasteiger partial charge in [0.25, 0.3) is 5.56 Å². The second-order valence-corrected chi connectivity index (χ2v) is 9.42. The Bertz CT molecular complexity index is 934. The van der Waals surface area contributed by atoms with Crippen LogP contribution in [-0.4, -0.2) is 21.6 Å². The molecule has 0 aliphatic rings. The van der Waals surface area contributed by atoms with Crippen LogP contribution in [0.3, 0.4) is 0 Å². The molecule has 0 unspecified atom stereocenters. The lowest BCUT2D eigenvalue weighted by atomic mass is 10.3. The Labute approximate surface area is 170 Å². The molecule has 0 amide bonds. The summed E-state index contributed by atoms with van der Waals surface area (Å²) in [6, 6.07) is 9.28. The standard InChI is InChI=1S/C19H27ClN3O4P/c1-13(2)26-28(25,27-14(3)4)17(20)12-21-18-15(5)22(6)23(19(18)24)16-10-8-7-9-11-16/h7-14,21H,1-6H3/b17-12-. The van der Waals surface area contributed by atoms with Crippen molar-refractivity contribution in [3.8, 4) is 5.69 Å². The quantitative estimate of drug-likeness (QED) is 0.601. The highest BCUT2D eigenvalue weighted by Crippen LogP contribution is 2.59. The smallest absolute Gasteiger partial charge is 0.354 e. The van der Waals surface area contributed by atoms with Gasteiger partial charge in [-0.15, -0.1) is 0 Å². The Morgan fingerprint density at radius 1 is 1.14 bits per heavy atom. The first-order valence-corrected chi connectivity index (χ1v) is 10.9. The molecule has 2 aromatic rings. The molecule has 1 aromatic heterocycles. The number of rotatable bonds is 8. The predicted octanol–water partition coefficient (Wildman–Crippen LogP) is 4.98. The SMILES string of the molecule is Cc1c(N/C=C(/Cl)P(=O)(OC(C)C)OC(C)C)c(=O)n(-c2ccccc2)n1C. The molecule has 154 valence electrons. The second kappa shape index (κ2) is 9.14. The van der Waals surface area contributed by atoms with E-state index in [2.05, 4.69) is 5.32 Å². The number of hydrogen-bond donors (Lipinski definition) is 1. The molecule has 1 heterocycles. The maximum atomic E-state index is 13.0. The molecule has 1 aromatic carbocycles. The Hall–Kier alpha value is -1.79. The van der Waals surface area contributed by atoms with E-state index < -0.39 is 7.60 Å². The molecule has 0 saturated carbocycles. The molecule has 28 heavy (non-hydrogen) atoms. The summed E-state index contributed by atoms with van der Waals surface area (Å²) in [4.78, 5) is 12.9. The normalized spacial score (nSPS) is 12.8. The van der Waals surface area contributed by atoms with E-state index in [1.54, 1.807) is 46.3 Å². The third-order valence-corrected chi connectivity index (χ3v) is 6.63. The minimum absolute atomic E-state index is 0.121. The lowest BCUT2D eigenvalue weighted by Crippen LogP contribution is -2.20. The van der Waals surface area contributed by atoms with E-state index in [1.807, 2.05) is 30.3 Å². The van der Waals surface area contributed by atoms with Crippen molar-refractivity contribution in [3.63, 3.8) is 0 Å². The van der Waals surface area contributed by atoms with Crippen LogP contribution in [0.4, 0.5) is 5.69 Å². The van der Waals surface area contributed by atoms with Gasteiger partial charge in [-0.1, -0.05) is 29.8 Å². The maximum Gasteiger partial charge on any atom is 0.374 e. The van der Waals surface area contributed by atoms with Gasteiger partial charge in [0.1, 0.15) is 10.5 Å². The molecule has 0 fully saturated rings. The van der Waals surface area contributed by atoms with Crippen molar-refractivity contribution in [2.45, 2.75) is 46.8 Å². The number of halogens is 1. The topological polar surface area (TPSA) is 74.5 Å². The summed E-state index contributed by atoms with van der Waals surface area (Å²) in [5.41, 5.74) is 1.50. The zero-order chi connectivity index (χ0) is 21.1. The molecule has 7 nitrogen and oxygen atoms in total. The summed E-state index contributed by atoms with van der Waals surface area (Å²) in [5, 5.41) is 2.88. The van der Waals surface area contributed by atoms with Gasteiger partial charge >= 0.3 is 7.60 Å². The third kappa shape index (κ3) is 4.97. The number of anilines is 1. The average Bonchev–Trinajstić information content (AvgIpc) is 2.81. The van der Waals surface area contributed by atoms with E-state index >= 15 is 0 Å². The Morgan fingerprint density at radius 2 is 1.68 bits per heavy atom. The van der Waals surface area contributed by atoms with E-state index in [9.17, 15) is 9.36 Å². The van der Waals surface area contributed by atoms with E-state index in [0.717, 1.165) is 5.69 Å². The van der Waals surface area contributed by atoms with E-state index in [1.165, 1.54) is 10.9 Å². The summed E-state index contributed by atoms with van der Waals surface area (Å²) in [7, 11) is -1.92. The molecule has 0 radical (unpaired) electrons. The first kappa shape index (κ1) is 22.5. The van der Waals surface area contributed by atoms with Crippen LogP contribution in [0.2, 0.25) is 0 Å². The van der Waals surface area contributed by atoms with Gasteiger partial charge in [0.15, 0.2) is 0 Å². The Balaban J connectivity index is 2.40. The number of nitrogens with one attached hydrogen (secondary N) is 1. The highest BCUT2D eigenvalue weighted by Gasteiger charge is 2.32. The largest absolute Gasteiger partial charge is 0.374 e. The van der Waals surface area contributed by atoms with Crippen molar-refractivity contribution in [3.05, 3.63) is 57.4 Å². The van der Waals surface area contributed by atoms with Crippen LogP contribution >= 0.6 is 19.2 Å². The average molecular weight is 428 g/mol. The van der Waals surface area contributed by atoms with Crippen molar-refractivity contribution in [2.24, 2.45) is 7.05 Å². The number of hydrogen-bond acceptors (Lipinski definition) is 5. The van der Waals surface area contributed by atoms with Crippen LogP contribution in [0.5, 0.6) is 0 Å². The fourth-order valence-electron chi connectivity index (χ4n) is 2.63. The van der Waals surface area contributed by atoms with Gasteiger partial charge in [-0.2, -0.15) is 0 Å². The van der Waals surface area contributed by atoms with Crippen molar-refractivity contribution in [1.29, 1.82) is 0 Å². The van der Waals surface area contributed by atoms with Gasteiger partial charge in [0, 0.05) is 13.2 Å². The van der Waals surface area contributed by atoms with Crippen LogP contribution in [0, 0.1) is 6.92 Å². The summed E-state index contributed by atoms with van der Waals surface area (Å²) in [6.07, 6.45) is 0.604. The third-order valence-electron chi connectivity index (χ3n) is 3.85. The number of nitrogens with zero attached hydrogens (tertiary/aromatic N) is 2. The van der Waals surface area contributed by atoms with Crippen molar-refractivity contribution >= 4 is 24.9 Å². The molecule has 0 spiro atoms. The molecule has 9 heteroatoms. The summed E-state index contributed by atoms with van der Waals surface area (Å²) < 4.78 is 27.1. The molecular weight excluding hydrogens is 401 g/mol. The highest BCUT2D eigenvalue weighted by molar-refractivity contribution is 7.61. The Kier molecular flexibility index (Phi) is 7.34. The van der Waals surface area contributed by atoms with Gasteiger partial charge in [0.2, 0.25) is 0 Å². The minimum atomic E-state index is -3.70. The minimum Gasteiger partial charge on any atom is -0.354 e. The molecule has 0 saturated heterocycles. The lowest BCUT2D eigenvalue weighted by Gasteiger charge is -2.22. The maximum absolute atomic E-state index is 13.0. The second-order valence-electron chi connectivity index (χ2n) is 6.85. The molecule has 0 atom stereocenters. The van der Waals surface area contributed by atoms with Crippen molar-refractivity contribution < 1.29 is 13.6 Å². The van der Waals surface area contributed by atoms with Gasteiger partial charge in [0.05, 0.1) is 23.6 Å². The first-order valence-electron chi connectivity index (χ1n) is 9.00. The van der Waals surface area contributed by atoms with Gasteiger partial charge in [-0.3, -0.25) is 14.0 Å². The summed E-state index contributed by atoms with van der Waals surface area (Å²) in [5.74, 6) is 0. The van der Waals surface area contributed by atoms with Crippen LogP contribution in [-0.2, 0) is 20.7 Å². The molecule has 0 bridgehead atoms. The predicted molar refractivity (Wildman–Crippen MR) is 113 cm³/mol. The van der Waals surface area contributed by atoms with Gasteiger partial charge in [-0.25, -0.2) is 4.68 Å². The number of para-hydroxylation sites is 1. The lowest BCUT2D eigenvalue weighted by molar-refractivity contribution is 0.148. The Morgan fingerprint density at radius 3 is 2.18 bits per heavy atom. The van der Waals surface area contributed by atoms with Crippen LogP contribution in [0.15, 0.2) is 46.1 Å². The number of aromatic nitrogens is 2. The molecule has 2 rings (SSSR count). The summed E-state index contributed by atoms with van der Waals surface area (Å²) in [6.45, 7) is 8.78. The van der Waals surface area contributed by atoms with Crippen molar-refractivity contribution in [2.75, 3.05) is 5.32 Å². The summed E-state index contributed by atoms with van der Waals surface area (Å²) >= 11 is 6.26. The molecule has 1 N–H and O–H groups in total. The molecule has 0 aliphatic carbocycles. The van der Waals surface area contributed by atoms with Crippen LogP contribution in [0.1, 0.15) is 33.4 Å². The van der Waals surface area contributed by atoms with Crippen molar-refractivity contribution in [1.82, 2.24) is 9.36 Å². The molecule has 0 aliphatic heterocycles. The zero-order valence-electron chi connectivity index (χ0n) is 17.0. The van der Waals surface area contributed by atoms with E-state index in [-0.39, 0.29) is 22.5 Å². The van der Waals surface area contributed by atoms with Crippen LogP contribution in [0.25, 0.3) is 5.69 Å². The monoisotopic (exact) mass is 427 g/mol. The van der Waals surface area contributed by atoms with Gasteiger partial charge in [-0.05, 0) is 46.8 Å². The molecular formula is C19H27ClN3O4P. The first-order chi connectivity index (χ1) is 13.1. The fourth-order valence-corrected chi connectivity index (χ4v) is 4.50. The van der Waals surface area contributed by atoms with E-state index in [4.69, 9.17) is 20.6 Å². The van der Waals surface area contributed by atoms with E-state index in [0.29, 0.717) is 11.4 Å². The van der Waals surface area contributed by atoms with Gasteiger partial charge < -0.3 is 14.4 Å². The highest BCUT2D eigenvalue weighted by atomic mass is 35.5. The van der Waals surface area contributed by atoms with Crippen LogP contribution < -0.4 is 10.9 Å². The zero-order valence-corrected chi connectivity index (χ0v) is 18.6. The fraction of sp³-hybridized carbons (Fsp3) is 0.421.